The lowest BCUT2D eigenvalue weighted by Crippen LogP contribution is -2.31. The van der Waals surface area contributed by atoms with Crippen LogP contribution in [-0.2, 0) is 26.1 Å². The van der Waals surface area contributed by atoms with Gasteiger partial charge < -0.3 is 9.47 Å². The van der Waals surface area contributed by atoms with E-state index in [0.717, 1.165) is 42.9 Å². The Hall–Kier alpha value is -2.96. The van der Waals surface area contributed by atoms with E-state index in [0.29, 0.717) is 13.1 Å². The first-order valence-electron chi connectivity index (χ1n) is 9.00. The maximum Gasteiger partial charge on any atom is 0.254 e. The van der Waals surface area contributed by atoms with Crippen molar-refractivity contribution in [2.45, 2.75) is 39.4 Å². The molecular weight excluding hydrogens is 328 g/mol. The highest BCUT2D eigenvalue weighted by Crippen LogP contribution is 2.18. The second-order valence-corrected chi connectivity index (χ2v) is 6.57. The molecule has 1 aromatic carbocycles. The van der Waals surface area contributed by atoms with Crippen LogP contribution in [-0.4, -0.2) is 41.9 Å². The Morgan fingerprint density at radius 2 is 2.04 bits per heavy atom. The molecule has 0 atom stereocenters. The maximum absolute atomic E-state index is 13.0. The van der Waals surface area contributed by atoms with E-state index in [1.165, 1.54) is 5.56 Å². The zero-order valence-electron chi connectivity index (χ0n) is 14.9. The van der Waals surface area contributed by atoms with Gasteiger partial charge in [-0.2, -0.15) is 0 Å². The van der Waals surface area contributed by atoms with Crippen LogP contribution in [0.1, 0.15) is 40.7 Å². The summed E-state index contributed by atoms with van der Waals surface area (Å²) < 4.78 is 3.89. The van der Waals surface area contributed by atoms with Crippen LogP contribution in [0, 0.1) is 0 Å². The first-order chi connectivity index (χ1) is 12.7. The molecule has 134 valence electrons. The van der Waals surface area contributed by atoms with E-state index < -0.39 is 0 Å². The van der Waals surface area contributed by atoms with E-state index in [-0.39, 0.29) is 5.91 Å². The quantitative estimate of drug-likeness (QED) is 0.723. The molecule has 3 heterocycles. The number of fused-ring (bicyclic) bond motifs is 1. The number of rotatable bonds is 4. The molecule has 26 heavy (non-hydrogen) atoms. The highest BCUT2D eigenvalue weighted by Gasteiger charge is 2.24. The van der Waals surface area contributed by atoms with Crippen molar-refractivity contribution in [3.63, 3.8) is 0 Å². The summed E-state index contributed by atoms with van der Waals surface area (Å²) in [7, 11) is 0. The van der Waals surface area contributed by atoms with Crippen molar-refractivity contribution in [3.05, 3.63) is 65.5 Å². The summed E-state index contributed by atoms with van der Waals surface area (Å²) in [6.07, 6.45) is 7.26. The van der Waals surface area contributed by atoms with Crippen molar-refractivity contribution in [3.8, 4) is 0 Å². The van der Waals surface area contributed by atoms with Gasteiger partial charge in [0, 0.05) is 31.0 Å². The Morgan fingerprint density at radius 3 is 2.77 bits per heavy atom. The van der Waals surface area contributed by atoms with E-state index in [4.69, 9.17) is 0 Å². The normalized spacial score (nSPS) is 14.1. The second-order valence-electron chi connectivity index (χ2n) is 6.57. The summed E-state index contributed by atoms with van der Waals surface area (Å²) in [5.41, 5.74) is 3.88. The van der Waals surface area contributed by atoms with Gasteiger partial charge in [-0.3, -0.25) is 4.79 Å². The Kier molecular flexibility index (Phi) is 4.51. The highest BCUT2D eigenvalue weighted by atomic mass is 16.2. The Bertz CT molecular complexity index is 881. The minimum atomic E-state index is 0.0656. The molecule has 3 aromatic rings. The molecule has 2 aromatic heterocycles. The number of aromatic nitrogens is 5. The van der Waals surface area contributed by atoms with Crippen LogP contribution in [0.3, 0.4) is 0 Å². The highest BCUT2D eigenvalue weighted by molar-refractivity contribution is 5.94. The fraction of sp³-hybridized carbons (Fsp3) is 0.368. The largest absolute Gasteiger partial charge is 0.333 e. The zero-order valence-corrected chi connectivity index (χ0v) is 14.9. The number of amides is 1. The third kappa shape index (κ3) is 3.24. The summed E-state index contributed by atoms with van der Waals surface area (Å²) in [5.74, 6) is 0.0656. The van der Waals surface area contributed by atoms with Crippen molar-refractivity contribution < 1.29 is 4.79 Å². The average Bonchev–Trinajstić information content (AvgIpc) is 3.26. The average molecular weight is 350 g/mol. The first kappa shape index (κ1) is 16.5. The minimum absolute atomic E-state index is 0.0656. The molecule has 0 fully saturated rings. The van der Waals surface area contributed by atoms with Gasteiger partial charge in [0.2, 0.25) is 0 Å². The van der Waals surface area contributed by atoms with E-state index in [2.05, 4.69) is 22.2 Å². The van der Waals surface area contributed by atoms with E-state index in [1.807, 2.05) is 44.6 Å². The molecule has 1 aliphatic rings. The maximum atomic E-state index is 13.0. The van der Waals surface area contributed by atoms with Crippen molar-refractivity contribution in [2.75, 3.05) is 6.54 Å². The number of carbonyl (C=O) groups excluding carboxylic acids is 1. The van der Waals surface area contributed by atoms with Crippen LogP contribution in [0.25, 0.3) is 0 Å². The van der Waals surface area contributed by atoms with Crippen molar-refractivity contribution in [1.82, 2.24) is 29.4 Å². The molecule has 7 nitrogen and oxygen atoms in total. The van der Waals surface area contributed by atoms with Crippen LogP contribution in [0.4, 0.5) is 0 Å². The molecule has 0 spiro atoms. The number of aryl methyl sites for hydroxylation is 2. The molecule has 1 amide bonds. The number of hydrogen-bond acceptors (Lipinski definition) is 4. The van der Waals surface area contributed by atoms with E-state index in [9.17, 15) is 4.79 Å². The fourth-order valence-corrected chi connectivity index (χ4v) is 3.31. The fourth-order valence-electron chi connectivity index (χ4n) is 3.31. The molecule has 0 aliphatic carbocycles. The predicted octanol–water partition coefficient (Wildman–Crippen LogP) is 2.13. The lowest BCUT2D eigenvalue weighted by Gasteiger charge is -2.20. The smallest absolute Gasteiger partial charge is 0.254 e. The lowest BCUT2D eigenvalue weighted by atomic mass is 10.1. The van der Waals surface area contributed by atoms with Crippen LogP contribution >= 0.6 is 0 Å². The third-order valence-corrected chi connectivity index (χ3v) is 4.84. The lowest BCUT2D eigenvalue weighted by molar-refractivity contribution is 0.0745. The molecule has 0 bridgehead atoms. The molecule has 1 aliphatic heterocycles. The second kappa shape index (κ2) is 7.11. The summed E-state index contributed by atoms with van der Waals surface area (Å²) in [5, 5.41) is 8.61. The van der Waals surface area contributed by atoms with Crippen molar-refractivity contribution in [2.24, 2.45) is 0 Å². The molecule has 0 unspecified atom stereocenters. The first-order valence-corrected chi connectivity index (χ1v) is 9.00. The van der Waals surface area contributed by atoms with Crippen molar-refractivity contribution >= 4 is 5.91 Å². The molecule has 0 radical (unpaired) electrons. The standard InChI is InChI=1S/C19H22N6O/c1-2-15-4-6-16(7-5-15)19(26)24-9-3-10-25-18(13-24)17(21-22-25)12-23-11-8-20-14-23/h4-8,11,14H,2-3,9-10,12-13H2,1H3. The number of hydrogen-bond donors (Lipinski definition) is 0. The number of nitrogens with zero attached hydrogens (tertiary/aromatic N) is 6. The van der Waals surface area contributed by atoms with Gasteiger partial charge in [0.25, 0.3) is 5.91 Å². The van der Waals surface area contributed by atoms with Gasteiger partial charge in [-0.05, 0) is 30.5 Å². The topological polar surface area (TPSA) is 68.8 Å². The SMILES string of the molecule is CCc1ccc(C(=O)N2CCCn3nnc(Cn4ccnc4)c3C2)cc1. The van der Waals surface area contributed by atoms with Gasteiger partial charge in [-0.1, -0.05) is 24.3 Å². The van der Waals surface area contributed by atoms with E-state index in [1.54, 1.807) is 12.5 Å². The molecule has 0 N–H and O–H groups in total. The van der Waals surface area contributed by atoms with Crippen molar-refractivity contribution in [1.29, 1.82) is 0 Å². The van der Waals surface area contributed by atoms with Crippen LogP contribution in [0.5, 0.6) is 0 Å². The summed E-state index contributed by atoms with van der Waals surface area (Å²) in [6.45, 7) is 4.77. The molecule has 0 saturated carbocycles. The summed E-state index contributed by atoms with van der Waals surface area (Å²) >= 11 is 0. The van der Waals surface area contributed by atoms with Crippen LogP contribution in [0.2, 0.25) is 0 Å². The van der Waals surface area contributed by atoms with Gasteiger partial charge in [0.15, 0.2) is 0 Å². The van der Waals surface area contributed by atoms with Gasteiger partial charge in [0.1, 0.15) is 5.69 Å². The number of imidazole rings is 1. The monoisotopic (exact) mass is 350 g/mol. The predicted molar refractivity (Wildman–Crippen MR) is 96.5 cm³/mol. The number of benzene rings is 1. The molecule has 0 saturated heterocycles. The summed E-state index contributed by atoms with van der Waals surface area (Å²) in [6, 6.07) is 7.91. The van der Waals surface area contributed by atoms with Crippen LogP contribution < -0.4 is 0 Å². The number of carbonyl (C=O) groups is 1. The minimum Gasteiger partial charge on any atom is -0.333 e. The van der Waals surface area contributed by atoms with Crippen LogP contribution in [0.15, 0.2) is 43.0 Å². The van der Waals surface area contributed by atoms with Gasteiger partial charge in [0.05, 0.1) is 25.1 Å². The Balaban J connectivity index is 1.56. The summed E-state index contributed by atoms with van der Waals surface area (Å²) in [4.78, 5) is 18.9. The van der Waals surface area contributed by atoms with Gasteiger partial charge in [-0.25, -0.2) is 9.67 Å². The molecule has 7 heteroatoms. The molecule has 4 rings (SSSR count). The van der Waals surface area contributed by atoms with Gasteiger partial charge in [-0.15, -0.1) is 5.10 Å². The van der Waals surface area contributed by atoms with Gasteiger partial charge >= 0.3 is 0 Å². The third-order valence-electron chi connectivity index (χ3n) is 4.84. The van der Waals surface area contributed by atoms with E-state index >= 15 is 0 Å². The zero-order chi connectivity index (χ0) is 17.9. The Labute approximate surface area is 152 Å². The Morgan fingerprint density at radius 1 is 1.19 bits per heavy atom. The molecular formula is C19H22N6O.